The number of ether oxygens (including phenoxy) is 1. The lowest BCUT2D eigenvalue weighted by Gasteiger charge is -2.12. The van der Waals surface area contributed by atoms with Crippen molar-refractivity contribution in [3.05, 3.63) is 29.3 Å². The number of para-hydroxylation sites is 1. The SMILES string of the molecule is COCc1cccc(C)c1NC(=O)CCl. The maximum Gasteiger partial charge on any atom is 0.239 e. The number of anilines is 1. The lowest BCUT2D eigenvalue weighted by Crippen LogP contribution is -2.15. The van der Waals surface area contributed by atoms with Crippen LogP contribution < -0.4 is 5.32 Å². The number of nitrogens with one attached hydrogen (secondary N) is 1. The largest absolute Gasteiger partial charge is 0.380 e. The van der Waals surface area contributed by atoms with Gasteiger partial charge >= 0.3 is 0 Å². The molecule has 0 aliphatic carbocycles. The number of halogens is 1. The number of alkyl halides is 1. The first-order valence-electron chi connectivity index (χ1n) is 4.62. The predicted molar refractivity (Wildman–Crippen MR) is 61.2 cm³/mol. The zero-order chi connectivity index (χ0) is 11.3. The van der Waals surface area contributed by atoms with Crippen LogP contribution in [-0.4, -0.2) is 18.9 Å². The van der Waals surface area contributed by atoms with Gasteiger partial charge in [-0.15, -0.1) is 11.6 Å². The Morgan fingerprint density at radius 3 is 2.87 bits per heavy atom. The summed E-state index contributed by atoms with van der Waals surface area (Å²) in [6.45, 7) is 2.41. The monoisotopic (exact) mass is 227 g/mol. The molecule has 1 amide bonds. The molecular weight excluding hydrogens is 214 g/mol. The molecule has 4 heteroatoms. The van der Waals surface area contributed by atoms with Crippen LogP contribution in [0.5, 0.6) is 0 Å². The molecule has 1 aromatic carbocycles. The van der Waals surface area contributed by atoms with Crippen molar-refractivity contribution < 1.29 is 9.53 Å². The van der Waals surface area contributed by atoms with Crippen LogP contribution in [0.25, 0.3) is 0 Å². The van der Waals surface area contributed by atoms with Crippen LogP contribution in [-0.2, 0) is 16.1 Å². The maximum atomic E-state index is 11.2. The van der Waals surface area contributed by atoms with Crippen LogP contribution in [0.15, 0.2) is 18.2 Å². The van der Waals surface area contributed by atoms with Crippen LogP contribution >= 0.6 is 11.6 Å². The number of aryl methyl sites for hydroxylation is 1. The molecule has 0 unspecified atom stereocenters. The second-order valence-corrected chi connectivity index (χ2v) is 3.49. The molecule has 1 rings (SSSR count). The Bertz CT molecular complexity index is 352. The molecule has 0 heterocycles. The number of amides is 1. The summed E-state index contributed by atoms with van der Waals surface area (Å²) in [6.07, 6.45) is 0. The Balaban J connectivity index is 2.96. The minimum Gasteiger partial charge on any atom is -0.380 e. The fraction of sp³-hybridized carbons (Fsp3) is 0.364. The van der Waals surface area contributed by atoms with Crippen molar-refractivity contribution >= 4 is 23.2 Å². The summed E-state index contributed by atoms with van der Waals surface area (Å²) >= 11 is 5.44. The topological polar surface area (TPSA) is 38.3 Å². The van der Waals surface area contributed by atoms with Gasteiger partial charge in [-0.05, 0) is 12.5 Å². The first-order chi connectivity index (χ1) is 7.19. The lowest BCUT2D eigenvalue weighted by atomic mass is 10.1. The van der Waals surface area contributed by atoms with Gasteiger partial charge in [0, 0.05) is 18.4 Å². The molecule has 0 aliphatic rings. The molecule has 0 fully saturated rings. The quantitative estimate of drug-likeness (QED) is 0.802. The second-order valence-electron chi connectivity index (χ2n) is 3.22. The fourth-order valence-electron chi connectivity index (χ4n) is 1.36. The van der Waals surface area contributed by atoms with E-state index in [-0.39, 0.29) is 11.8 Å². The first kappa shape index (κ1) is 12.0. The Morgan fingerprint density at radius 1 is 1.53 bits per heavy atom. The molecule has 1 aromatic rings. The molecule has 1 N–H and O–H groups in total. The highest BCUT2D eigenvalue weighted by molar-refractivity contribution is 6.29. The first-order valence-corrected chi connectivity index (χ1v) is 5.15. The van der Waals surface area contributed by atoms with Gasteiger partial charge in [-0.25, -0.2) is 0 Å². The molecule has 0 spiro atoms. The predicted octanol–water partition coefficient (Wildman–Crippen LogP) is 2.32. The minimum atomic E-state index is -0.205. The minimum absolute atomic E-state index is 0.0409. The van der Waals surface area contributed by atoms with E-state index in [1.807, 2.05) is 25.1 Å². The number of rotatable bonds is 4. The zero-order valence-electron chi connectivity index (χ0n) is 8.84. The number of carbonyl (C=O) groups is 1. The van der Waals surface area contributed by atoms with E-state index in [1.165, 1.54) is 0 Å². The van der Waals surface area contributed by atoms with E-state index in [9.17, 15) is 4.79 Å². The van der Waals surface area contributed by atoms with Gasteiger partial charge in [-0.2, -0.15) is 0 Å². The van der Waals surface area contributed by atoms with E-state index < -0.39 is 0 Å². The van der Waals surface area contributed by atoms with Crippen LogP contribution in [0.4, 0.5) is 5.69 Å². The number of carbonyl (C=O) groups excluding carboxylic acids is 1. The van der Waals surface area contributed by atoms with Crippen molar-refractivity contribution in [1.82, 2.24) is 0 Å². The molecular formula is C11H14ClNO2. The van der Waals surface area contributed by atoms with Crippen LogP contribution in [0.3, 0.4) is 0 Å². The highest BCUT2D eigenvalue weighted by atomic mass is 35.5. The van der Waals surface area contributed by atoms with Crippen molar-refractivity contribution in [2.45, 2.75) is 13.5 Å². The van der Waals surface area contributed by atoms with Crippen LogP contribution in [0, 0.1) is 6.92 Å². The summed E-state index contributed by atoms with van der Waals surface area (Å²) < 4.78 is 5.05. The molecule has 0 radical (unpaired) electrons. The van der Waals surface area contributed by atoms with E-state index >= 15 is 0 Å². The average Bonchev–Trinajstić information content (AvgIpc) is 2.23. The normalized spacial score (nSPS) is 10.1. The molecule has 0 bridgehead atoms. The third-order valence-electron chi connectivity index (χ3n) is 2.04. The average molecular weight is 228 g/mol. The number of benzene rings is 1. The smallest absolute Gasteiger partial charge is 0.239 e. The standard InChI is InChI=1S/C11H14ClNO2/c1-8-4-3-5-9(7-15-2)11(8)13-10(14)6-12/h3-5H,6-7H2,1-2H3,(H,13,14). The zero-order valence-corrected chi connectivity index (χ0v) is 9.60. The van der Waals surface area contributed by atoms with E-state index in [0.717, 1.165) is 16.8 Å². The lowest BCUT2D eigenvalue weighted by molar-refractivity contribution is -0.113. The number of methoxy groups -OCH3 is 1. The molecule has 3 nitrogen and oxygen atoms in total. The van der Waals surface area contributed by atoms with Gasteiger partial charge in [-0.1, -0.05) is 18.2 Å². The third-order valence-corrected chi connectivity index (χ3v) is 2.29. The van der Waals surface area contributed by atoms with Gasteiger partial charge in [-0.3, -0.25) is 4.79 Å². The fourth-order valence-corrected chi connectivity index (χ4v) is 1.42. The van der Waals surface area contributed by atoms with Crippen molar-refractivity contribution in [2.75, 3.05) is 18.3 Å². The van der Waals surface area contributed by atoms with Gasteiger partial charge in [0.25, 0.3) is 0 Å². The molecule has 0 aromatic heterocycles. The van der Waals surface area contributed by atoms with Crippen LogP contribution in [0.1, 0.15) is 11.1 Å². The molecule has 82 valence electrons. The van der Waals surface area contributed by atoms with Gasteiger partial charge in [0.05, 0.1) is 6.61 Å². The summed E-state index contributed by atoms with van der Waals surface area (Å²) in [4.78, 5) is 11.2. The molecule has 0 aliphatic heterocycles. The Labute approximate surface area is 94.4 Å². The van der Waals surface area contributed by atoms with Crippen molar-refractivity contribution in [3.8, 4) is 0 Å². The van der Waals surface area contributed by atoms with E-state index in [0.29, 0.717) is 6.61 Å². The van der Waals surface area contributed by atoms with Crippen LogP contribution in [0.2, 0.25) is 0 Å². The van der Waals surface area contributed by atoms with Crippen molar-refractivity contribution in [2.24, 2.45) is 0 Å². The summed E-state index contributed by atoms with van der Waals surface area (Å²) in [7, 11) is 1.62. The van der Waals surface area contributed by atoms with Crippen molar-refractivity contribution in [3.63, 3.8) is 0 Å². The molecule has 0 atom stereocenters. The third kappa shape index (κ3) is 3.22. The Morgan fingerprint density at radius 2 is 2.27 bits per heavy atom. The van der Waals surface area contributed by atoms with Crippen molar-refractivity contribution in [1.29, 1.82) is 0 Å². The van der Waals surface area contributed by atoms with E-state index in [1.54, 1.807) is 7.11 Å². The molecule has 15 heavy (non-hydrogen) atoms. The number of hydrogen-bond acceptors (Lipinski definition) is 2. The summed E-state index contributed by atoms with van der Waals surface area (Å²) in [6, 6.07) is 5.78. The summed E-state index contributed by atoms with van der Waals surface area (Å²) in [5.74, 6) is -0.246. The Hall–Kier alpha value is -1.06. The summed E-state index contributed by atoms with van der Waals surface area (Å²) in [5, 5.41) is 2.76. The van der Waals surface area contributed by atoms with E-state index in [2.05, 4.69) is 5.32 Å². The second kappa shape index (κ2) is 5.73. The maximum absolute atomic E-state index is 11.2. The van der Waals surface area contributed by atoms with Gasteiger partial charge in [0.15, 0.2) is 0 Å². The Kier molecular flexibility index (Phi) is 4.59. The summed E-state index contributed by atoms with van der Waals surface area (Å²) in [5.41, 5.74) is 2.75. The number of hydrogen-bond donors (Lipinski definition) is 1. The van der Waals surface area contributed by atoms with Gasteiger partial charge < -0.3 is 10.1 Å². The van der Waals surface area contributed by atoms with Gasteiger partial charge in [0.1, 0.15) is 5.88 Å². The van der Waals surface area contributed by atoms with Gasteiger partial charge in [0.2, 0.25) is 5.91 Å². The van der Waals surface area contributed by atoms with E-state index in [4.69, 9.17) is 16.3 Å². The highest BCUT2D eigenvalue weighted by Crippen LogP contribution is 2.21. The molecule has 0 saturated carbocycles. The highest BCUT2D eigenvalue weighted by Gasteiger charge is 2.08. The molecule has 0 saturated heterocycles.